The number of amides is 2. The summed E-state index contributed by atoms with van der Waals surface area (Å²) in [4.78, 5) is 26.3. The minimum atomic E-state index is -0.612. The number of halogens is 2. The van der Waals surface area contributed by atoms with Crippen molar-refractivity contribution in [2.45, 2.75) is 13.8 Å². The molecule has 0 bridgehead atoms. The first-order chi connectivity index (χ1) is 12.0. The molecule has 0 atom stereocenters. The van der Waals surface area contributed by atoms with E-state index in [1.807, 2.05) is 12.1 Å². The molecule has 0 heterocycles. The first kappa shape index (κ1) is 18.9. The molecule has 25 heavy (non-hydrogen) atoms. The maximum atomic E-state index is 13.2. The van der Waals surface area contributed by atoms with Gasteiger partial charge in [0.2, 0.25) is 0 Å². The number of nitrogens with zero attached hydrogens (tertiary/aromatic N) is 1. The second-order valence-corrected chi connectivity index (χ2v) is 6.11. The SMILES string of the molecule is CCN(CC)c1ccc(C(=O)NNC(=O)c2cc(F)ccc2Br)cc1. The highest BCUT2D eigenvalue weighted by Crippen LogP contribution is 2.17. The van der Waals surface area contributed by atoms with Gasteiger partial charge < -0.3 is 4.90 Å². The van der Waals surface area contributed by atoms with Gasteiger partial charge in [0.05, 0.1) is 5.56 Å². The van der Waals surface area contributed by atoms with E-state index in [1.165, 1.54) is 12.1 Å². The molecule has 0 radical (unpaired) electrons. The van der Waals surface area contributed by atoms with Crippen LogP contribution in [0, 0.1) is 5.82 Å². The second kappa shape index (κ2) is 8.62. The summed E-state index contributed by atoms with van der Waals surface area (Å²) in [6.07, 6.45) is 0. The van der Waals surface area contributed by atoms with Crippen molar-refractivity contribution in [2.24, 2.45) is 0 Å². The molecule has 0 saturated heterocycles. The summed E-state index contributed by atoms with van der Waals surface area (Å²) in [7, 11) is 0. The zero-order valence-electron chi connectivity index (χ0n) is 14.0. The van der Waals surface area contributed by atoms with Crippen molar-refractivity contribution in [1.29, 1.82) is 0 Å². The van der Waals surface area contributed by atoms with Gasteiger partial charge in [-0.05, 0) is 72.2 Å². The number of hydrazine groups is 1. The molecule has 2 aromatic rings. The monoisotopic (exact) mass is 407 g/mol. The van der Waals surface area contributed by atoms with Gasteiger partial charge in [0.1, 0.15) is 5.82 Å². The number of hydrogen-bond acceptors (Lipinski definition) is 3. The van der Waals surface area contributed by atoms with Crippen molar-refractivity contribution in [3.05, 3.63) is 63.9 Å². The van der Waals surface area contributed by atoms with Gasteiger partial charge in [-0.3, -0.25) is 20.4 Å². The van der Waals surface area contributed by atoms with Crippen molar-refractivity contribution < 1.29 is 14.0 Å². The van der Waals surface area contributed by atoms with Gasteiger partial charge in [0.15, 0.2) is 0 Å². The lowest BCUT2D eigenvalue weighted by Crippen LogP contribution is -2.41. The van der Waals surface area contributed by atoms with Crippen LogP contribution in [0.2, 0.25) is 0 Å². The number of carbonyl (C=O) groups excluding carboxylic acids is 2. The van der Waals surface area contributed by atoms with Crippen LogP contribution in [0.4, 0.5) is 10.1 Å². The molecule has 0 saturated carbocycles. The summed E-state index contributed by atoms with van der Waals surface area (Å²) < 4.78 is 13.7. The number of hydrogen-bond donors (Lipinski definition) is 2. The quantitative estimate of drug-likeness (QED) is 0.745. The van der Waals surface area contributed by atoms with Gasteiger partial charge in [0.25, 0.3) is 11.8 Å². The van der Waals surface area contributed by atoms with E-state index >= 15 is 0 Å². The molecular weight excluding hydrogens is 389 g/mol. The number of nitrogens with one attached hydrogen (secondary N) is 2. The molecule has 0 aliphatic carbocycles. The van der Waals surface area contributed by atoms with Crippen LogP contribution in [0.15, 0.2) is 46.9 Å². The Labute approximate surface area is 154 Å². The molecule has 2 N–H and O–H groups in total. The van der Waals surface area contributed by atoms with Crippen LogP contribution in [-0.4, -0.2) is 24.9 Å². The summed E-state index contributed by atoms with van der Waals surface area (Å²) in [5.41, 5.74) is 6.13. The van der Waals surface area contributed by atoms with Gasteiger partial charge in [-0.2, -0.15) is 0 Å². The molecule has 0 aliphatic rings. The maximum absolute atomic E-state index is 13.2. The van der Waals surface area contributed by atoms with Crippen LogP contribution >= 0.6 is 15.9 Å². The van der Waals surface area contributed by atoms with Crippen molar-refractivity contribution >= 4 is 33.4 Å². The number of anilines is 1. The Balaban J connectivity index is 2.00. The molecule has 7 heteroatoms. The third-order valence-electron chi connectivity index (χ3n) is 3.72. The number of carbonyl (C=O) groups is 2. The maximum Gasteiger partial charge on any atom is 0.270 e. The van der Waals surface area contributed by atoms with E-state index < -0.39 is 17.6 Å². The van der Waals surface area contributed by atoms with Crippen LogP contribution in [0.25, 0.3) is 0 Å². The van der Waals surface area contributed by atoms with E-state index in [2.05, 4.69) is 45.5 Å². The van der Waals surface area contributed by atoms with Gasteiger partial charge in [-0.25, -0.2) is 4.39 Å². The largest absolute Gasteiger partial charge is 0.372 e. The van der Waals surface area contributed by atoms with Crippen LogP contribution in [0.5, 0.6) is 0 Å². The van der Waals surface area contributed by atoms with Gasteiger partial charge in [-0.1, -0.05) is 0 Å². The van der Waals surface area contributed by atoms with Gasteiger partial charge >= 0.3 is 0 Å². The fourth-order valence-electron chi connectivity index (χ4n) is 2.34. The van der Waals surface area contributed by atoms with Crippen molar-refractivity contribution in [2.75, 3.05) is 18.0 Å². The molecular formula is C18H19BrFN3O2. The van der Waals surface area contributed by atoms with E-state index in [9.17, 15) is 14.0 Å². The highest BCUT2D eigenvalue weighted by atomic mass is 79.9. The first-order valence-electron chi connectivity index (χ1n) is 7.87. The Hall–Kier alpha value is -2.41. The topological polar surface area (TPSA) is 61.4 Å². The Morgan fingerprint density at radius 2 is 1.60 bits per heavy atom. The lowest BCUT2D eigenvalue weighted by atomic mass is 10.2. The third-order valence-corrected chi connectivity index (χ3v) is 4.41. The van der Waals surface area contributed by atoms with Crippen molar-refractivity contribution in [3.63, 3.8) is 0 Å². The molecule has 2 aromatic carbocycles. The van der Waals surface area contributed by atoms with Gasteiger partial charge in [-0.15, -0.1) is 0 Å². The minimum absolute atomic E-state index is 0.0946. The highest BCUT2D eigenvalue weighted by Gasteiger charge is 2.13. The predicted molar refractivity (Wildman–Crippen MR) is 99.0 cm³/mol. The standard InChI is InChI=1S/C18H19BrFN3O2/c1-3-23(4-2)14-8-5-12(6-9-14)17(24)21-22-18(25)15-11-13(20)7-10-16(15)19/h5-11H,3-4H2,1-2H3,(H,21,24)(H,22,25). The van der Waals surface area contributed by atoms with Crippen LogP contribution in [0.3, 0.4) is 0 Å². The summed E-state index contributed by atoms with van der Waals surface area (Å²) in [5.74, 6) is -1.60. The Kier molecular flexibility index (Phi) is 6.52. The van der Waals surface area contributed by atoms with E-state index in [1.54, 1.807) is 12.1 Å². The average Bonchev–Trinajstić information content (AvgIpc) is 2.63. The second-order valence-electron chi connectivity index (χ2n) is 5.25. The van der Waals surface area contributed by atoms with Gasteiger partial charge in [0, 0.05) is 28.8 Å². The molecule has 0 aromatic heterocycles. The molecule has 0 fully saturated rings. The summed E-state index contributed by atoms with van der Waals surface area (Å²) in [6, 6.07) is 10.8. The minimum Gasteiger partial charge on any atom is -0.372 e. The van der Waals surface area contributed by atoms with E-state index in [4.69, 9.17) is 0 Å². The lowest BCUT2D eigenvalue weighted by Gasteiger charge is -2.21. The van der Waals surface area contributed by atoms with E-state index in [-0.39, 0.29) is 5.56 Å². The molecule has 0 unspecified atom stereocenters. The zero-order chi connectivity index (χ0) is 18.4. The van der Waals surface area contributed by atoms with Crippen LogP contribution in [-0.2, 0) is 0 Å². The van der Waals surface area contributed by atoms with Crippen LogP contribution in [0.1, 0.15) is 34.6 Å². The summed E-state index contributed by atoms with van der Waals surface area (Å²) >= 11 is 3.17. The molecule has 2 amide bonds. The number of rotatable bonds is 5. The normalized spacial score (nSPS) is 10.2. The van der Waals surface area contributed by atoms with E-state index in [0.29, 0.717) is 10.0 Å². The average molecular weight is 408 g/mol. The van der Waals surface area contributed by atoms with Crippen molar-refractivity contribution in [1.82, 2.24) is 10.9 Å². The first-order valence-corrected chi connectivity index (χ1v) is 8.66. The molecule has 0 spiro atoms. The third kappa shape index (κ3) is 4.79. The Morgan fingerprint density at radius 3 is 2.20 bits per heavy atom. The Bertz CT molecular complexity index is 761. The van der Waals surface area contributed by atoms with Crippen LogP contribution < -0.4 is 15.8 Å². The smallest absolute Gasteiger partial charge is 0.270 e. The predicted octanol–water partition coefficient (Wildman–Crippen LogP) is 3.51. The summed E-state index contributed by atoms with van der Waals surface area (Å²) in [5, 5.41) is 0. The molecule has 132 valence electrons. The Morgan fingerprint density at radius 1 is 1.00 bits per heavy atom. The molecule has 5 nitrogen and oxygen atoms in total. The van der Waals surface area contributed by atoms with E-state index in [0.717, 1.165) is 24.8 Å². The number of benzene rings is 2. The van der Waals surface area contributed by atoms with Crippen molar-refractivity contribution in [3.8, 4) is 0 Å². The lowest BCUT2D eigenvalue weighted by molar-refractivity contribution is 0.0846. The fraction of sp³-hybridized carbons (Fsp3) is 0.222. The summed E-state index contributed by atoms with van der Waals surface area (Å²) in [6.45, 7) is 5.87. The zero-order valence-corrected chi connectivity index (χ0v) is 15.6. The highest BCUT2D eigenvalue weighted by molar-refractivity contribution is 9.10. The molecule has 2 rings (SSSR count). The molecule has 0 aliphatic heterocycles. The fourth-order valence-corrected chi connectivity index (χ4v) is 2.76.